The highest BCUT2D eigenvalue weighted by atomic mass is 19.3. The normalized spacial score (nSPS) is 15.9. The quantitative estimate of drug-likeness (QED) is 0.661. The molecule has 0 saturated heterocycles. The molecular formula is C23H19F2N3O5. The average molecular weight is 455 g/mol. The van der Waals surface area contributed by atoms with E-state index in [9.17, 15) is 23.6 Å². The number of halogens is 2. The lowest BCUT2D eigenvalue weighted by molar-refractivity contribution is -0.139. The molecule has 0 amide bonds. The van der Waals surface area contributed by atoms with Gasteiger partial charge in [-0.25, -0.2) is 9.59 Å². The summed E-state index contributed by atoms with van der Waals surface area (Å²) >= 11 is 0. The van der Waals surface area contributed by atoms with E-state index in [0.29, 0.717) is 5.56 Å². The number of nitrogens with zero attached hydrogens (tertiary/aromatic N) is 2. The van der Waals surface area contributed by atoms with Crippen LogP contribution in [0.25, 0.3) is 0 Å². The van der Waals surface area contributed by atoms with Gasteiger partial charge >= 0.3 is 18.6 Å². The van der Waals surface area contributed by atoms with Gasteiger partial charge in [-0.05, 0) is 17.7 Å². The van der Waals surface area contributed by atoms with Gasteiger partial charge in [0.25, 0.3) is 0 Å². The maximum atomic E-state index is 12.9. The Morgan fingerprint density at radius 2 is 1.73 bits per heavy atom. The van der Waals surface area contributed by atoms with Gasteiger partial charge in [0, 0.05) is 6.07 Å². The Balaban J connectivity index is 2.35. The molecule has 2 aromatic carbocycles. The fourth-order valence-electron chi connectivity index (χ4n) is 3.58. The number of alkyl halides is 2. The van der Waals surface area contributed by atoms with Crippen LogP contribution < -0.4 is 15.4 Å². The second-order valence-corrected chi connectivity index (χ2v) is 6.71. The zero-order valence-corrected chi connectivity index (χ0v) is 17.6. The van der Waals surface area contributed by atoms with E-state index in [1.807, 2.05) is 6.07 Å². The minimum atomic E-state index is -3.09. The van der Waals surface area contributed by atoms with Crippen LogP contribution in [0, 0.1) is 11.3 Å². The third kappa shape index (κ3) is 4.48. The fourth-order valence-corrected chi connectivity index (χ4v) is 3.58. The van der Waals surface area contributed by atoms with Crippen LogP contribution in [0.2, 0.25) is 0 Å². The largest absolute Gasteiger partial charge is 0.466 e. The first-order valence-corrected chi connectivity index (χ1v) is 9.54. The number of benzene rings is 2. The Morgan fingerprint density at radius 1 is 1.06 bits per heavy atom. The molecule has 0 radical (unpaired) electrons. The highest BCUT2D eigenvalue weighted by Gasteiger charge is 2.43. The molecule has 0 fully saturated rings. The van der Waals surface area contributed by atoms with Crippen LogP contribution in [0.1, 0.15) is 11.5 Å². The molecule has 8 nitrogen and oxygen atoms in total. The van der Waals surface area contributed by atoms with E-state index in [2.05, 4.69) is 4.74 Å². The van der Waals surface area contributed by atoms with Crippen LogP contribution in [0.3, 0.4) is 0 Å². The Kier molecular flexibility index (Phi) is 6.93. The summed E-state index contributed by atoms with van der Waals surface area (Å²) in [4.78, 5) is 26.9. The summed E-state index contributed by atoms with van der Waals surface area (Å²) in [6, 6.07) is 15.8. The summed E-state index contributed by atoms with van der Waals surface area (Å²) in [5.41, 5.74) is 6.37. The van der Waals surface area contributed by atoms with Crippen molar-refractivity contribution in [1.29, 1.82) is 5.26 Å². The monoisotopic (exact) mass is 455 g/mol. The molecule has 2 aromatic rings. The summed E-state index contributed by atoms with van der Waals surface area (Å²) < 4.78 is 39.8. The first kappa shape index (κ1) is 23.3. The van der Waals surface area contributed by atoms with Crippen molar-refractivity contribution >= 4 is 17.6 Å². The van der Waals surface area contributed by atoms with Crippen LogP contribution >= 0.6 is 0 Å². The van der Waals surface area contributed by atoms with Gasteiger partial charge in [-0.1, -0.05) is 36.4 Å². The second kappa shape index (κ2) is 9.82. The number of esters is 2. The topological polar surface area (TPSA) is 115 Å². The molecule has 1 unspecified atom stereocenters. The number of ether oxygens (including phenoxy) is 3. The van der Waals surface area contributed by atoms with Crippen molar-refractivity contribution < 1.29 is 32.6 Å². The maximum absolute atomic E-state index is 12.9. The SMILES string of the molecule is COC(=O)C1=C(C(=O)OC)N(c2cccc(OC(F)F)c2)C(N)=C(C#N)C1c1ccccc1. The van der Waals surface area contributed by atoms with E-state index >= 15 is 0 Å². The van der Waals surface area contributed by atoms with Crippen molar-refractivity contribution in [3.63, 3.8) is 0 Å². The molecule has 1 heterocycles. The minimum Gasteiger partial charge on any atom is -0.466 e. The number of allylic oxidation sites excluding steroid dienone is 1. The maximum Gasteiger partial charge on any atom is 0.387 e. The summed E-state index contributed by atoms with van der Waals surface area (Å²) in [6.45, 7) is -3.09. The van der Waals surface area contributed by atoms with Crippen LogP contribution in [-0.2, 0) is 19.1 Å². The summed E-state index contributed by atoms with van der Waals surface area (Å²) in [5, 5.41) is 9.96. The van der Waals surface area contributed by atoms with Crippen LogP contribution in [0.5, 0.6) is 5.75 Å². The van der Waals surface area contributed by atoms with Crippen molar-refractivity contribution in [2.45, 2.75) is 12.5 Å². The lowest BCUT2D eigenvalue weighted by Gasteiger charge is -2.36. The van der Waals surface area contributed by atoms with Crippen molar-refractivity contribution in [3.05, 3.63) is 82.8 Å². The molecule has 0 spiro atoms. The van der Waals surface area contributed by atoms with E-state index in [0.717, 1.165) is 19.1 Å². The van der Waals surface area contributed by atoms with E-state index in [1.54, 1.807) is 30.3 Å². The first-order valence-electron chi connectivity index (χ1n) is 9.54. The zero-order chi connectivity index (χ0) is 24.1. The number of rotatable bonds is 6. The molecule has 170 valence electrons. The number of carbonyl (C=O) groups is 2. The smallest absolute Gasteiger partial charge is 0.387 e. The molecule has 0 aromatic heterocycles. The highest BCUT2D eigenvalue weighted by molar-refractivity contribution is 6.06. The Labute approximate surface area is 188 Å². The van der Waals surface area contributed by atoms with Gasteiger partial charge < -0.3 is 19.9 Å². The Bertz CT molecular complexity index is 1170. The molecule has 0 bridgehead atoms. The van der Waals surface area contributed by atoms with Crippen LogP contribution in [0.4, 0.5) is 14.5 Å². The lowest BCUT2D eigenvalue weighted by Crippen LogP contribution is -2.40. The molecular weight excluding hydrogens is 436 g/mol. The molecule has 0 aliphatic carbocycles. The number of carbonyl (C=O) groups excluding carboxylic acids is 2. The third-order valence-corrected chi connectivity index (χ3v) is 4.91. The van der Waals surface area contributed by atoms with Crippen LogP contribution in [0.15, 0.2) is 77.3 Å². The zero-order valence-electron chi connectivity index (χ0n) is 17.6. The number of hydrogen-bond acceptors (Lipinski definition) is 8. The molecule has 1 aliphatic heterocycles. The van der Waals surface area contributed by atoms with Crippen molar-refractivity contribution in [1.82, 2.24) is 0 Å². The Morgan fingerprint density at radius 3 is 2.30 bits per heavy atom. The molecule has 2 N–H and O–H groups in total. The van der Waals surface area contributed by atoms with Gasteiger partial charge in [0.2, 0.25) is 0 Å². The van der Waals surface area contributed by atoms with Gasteiger partial charge in [-0.2, -0.15) is 14.0 Å². The molecule has 33 heavy (non-hydrogen) atoms. The number of anilines is 1. The molecule has 1 aliphatic rings. The lowest BCUT2D eigenvalue weighted by atomic mass is 9.81. The highest BCUT2D eigenvalue weighted by Crippen LogP contribution is 2.43. The number of nitrogens with two attached hydrogens (primary N) is 1. The van der Waals surface area contributed by atoms with E-state index in [-0.39, 0.29) is 34.1 Å². The summed E-state index contributed by atoms with van der Waals surface area (Å²) in [5.74, 6) is -3.28. The Hall–Kier alpha value is -4.39. The molecule has 0 saturated carbocycles. The minimum absolute atomic E-state index is 0.0468. The number of nitriles is 1. The fraction of sp³-hybridized carbons (Fsp3) is 0.174. The van der Waals surface area contributed by atoms with E-state index in [4.69, 9.17) is 15.2 Å². The standard InChI is InChI=1S/C23H19F2N3O5/c1-31-21(29)18-17(13-7-4-3-5-8-13)16(12-26)20(27)28(19(18)22(30)32-2)14-9-6-10-15(11-14)33-23(24)25/h3-11,17,23H,27H2,1-2H3. The number of hydrogen-bond donors (Lipinski definition) is 1. The predicted octanol–water partition coefficient (Wildman–Crippen LogP) is 3.19. The average Bonchev–Trinajstić information content (AvgIpc) is 2.82. The summed E-state index contributed by atoms with van der Waals surface area (Å²) in [7, 11) is 2.23. The van der Waals surface area contributed by atoms with Gasteiger partial charge in [-0.3, -0.25) is 4.90 Å². The molecule has 1 atom stereocenters. The van der Waals surface area contributed by atoms with Gasteiger partial charge in [-0.15, -0.1) is 0 Å². The van der Waals surface area contributed by atoms with Crippen LogP contribution in [-0.4, -0.2) is 32.8 Å². The van der Waals surface area contributed by atoms with Crippen molar-refractivity contribution in [3.8, 4) is 11.8 Å². The third-order valence-electron chi connectivity index (χ3n) is 4.91. The van der Waals surface area contributed by atoms with E-state index in [1.165, 1.54) is 24.3 Å². The van der Waals surface area contributed by atoms with Gasteiger partial charge in [0.15, 0.2) is 0 Å². The predicted molar refractivity (Wildman–Crippen MR) is 113 cm³/mol. The van der Waals surface area contributed by atoms with Crippen molar-refractivity contribution in [2.24, 2.45) is 5.73 Å². The second-order valence-electron chi connectivity index (χ2n) is 6.71. The number of methoxy groups -OCH3 is 2. The summed E-state index contributed by atoms with van der Waals surface area (Å²) in [6.07, 6.45) is 0. The molecule has 10 heteroatoms. The van der Waals surface area contributed by atoms with Gasteiger partial charge in [0.1, 0.15) is 17.3 Å². The van der Waals surface area contributed by atoms with Crippen molar-refractivity contribution in [2.75, 3.05) is 19.1 Å². The van der Waals surface area contributed by atoms with E-state index < -0.39 is 24.5 Å². The molecule has 3 rings (SSSR count). The first-order chi connectivity index (χ1) is 15.8. The van der Waals surface area contributed by atoms with Gasteiger partial charge in [0.05, 0.1) is 43.0 Å².